The van der Waals surface area contributed by atoms with Crippen LogP contribution < -0.4 is 4.74 Å². The van der Waals surface area contributed by atoms with Crippen molar-refractivity contribution in [1.29, 1.82) is 0 Å². The topological polar surface area (TPSA) is 49.7 Å². The lowest BCUT2D eigenvalue weighted by atomic mass is 10.2. The number of halogens is 1. The van der Waals surface area contributed by atoms with Crippen LogP contribution in [0.4, 0.5) is 0 Å². The van der Waals surface area contributed by atoms with Gasteiger partial charge in [-0.3, -0.25) is 0 Å². The van der Waals surface area contributed by atoms with E-state index >= 15 is 0 Å². The number of benzene rings is 2. The van der Waals surface area contributed by atoms with Crippen LogP contribution in [-0.4, -0.2) is 10.2 Å². The largest absolute Gasteiger partial charge is 0.504 e. The van der Waals surface area contributed by atoms with E-state index < -0.39 is 0 Å². The van der Waals surface area contributed by atoms with Crippen LogP contribution >= 0.6 is 15.9 Å². The van der Waals surface area contributed by atoms with Gasteiger partial charge in [-0.1, -0.05) is 18.2 Å². The van der Waals surface area contributed by atoms with Crippen molar-refractivity contribution in [2.45, 2.75) is 6.61 Å². The highest BCUT2D eigenvalue weighted by Crippen LogP contribution is 2.27. The summed E-state index contributed by atoms with van der Waals surface area (Å²) in [4.78, 5) is 0. The Morgan fingerprint density at radius 2 is 1.76 bits per heavy atom. The molecule has 3 nitrogen and oxygen atoms in total. The van der Waals surface area contributed by atoms with Crippen LogP contribution in [0.15, 0.2) is 46.9 Å². The van der Waals surface area contributed by atoms with E-state index in [1.807, 2.05) is 24.3 Å². The van der Waals surface area contributed by atoms with Crippen LogP contribution in [0.2, 0.25) is 0 Å². The lowest BCUT2D eigenvalue weighted by Gasteiger charge is -2.08. The lowest BCUT2D eigenvalue weighted by molar-refractivity contribution is 0.303. The third-order valence-electron chi connectivity index (χ3n) is 2.27. The number of hydrogen-bond acceptors (Lipinski definition) is 3. The Morgan fingerprint density at radius 1 is 1.00 bits per heavy atom. The smallest absolute Gasteiger partial charge is 0.157 e. The summed E-state index contributed by atoms with van der Waals surface area (Å²) >= 11 is 3.38. The Kier molecular flexibility index (Phi) is 3.54. The minimum atomic E-state index is -0.141. The van der Waals surface area contributed by atoms with Crippen LogP contribution in [0.3, 0.4) is 0 Å². The Labute approximate surface area is 107 Å². The monoisotopic (exact) mass is 294 g/mol. The van der Waals surface area contributed by atoms with Crippen molar-refractivity contribution in [3.63, 3.8) is 0 Å². The molecule has 0 spiro atoms. The minimum absolute atomic E-state index is 0.130. The van der Waals surface area contributed by atoms with E-state index in [9.17, 15) is 10.2 Å². The van der Waals surface area contributed by atoms with Gasteiger partial charge in [0.15, 0.2) is 11.5 Å². The molecule has 2 N–H and O–H groups in total. The predicted octanol–water partition coefficient (Wildman–Crippen LogP) is 3.44. The highest BCUT2D eigenvalue weighted by Gasteiger charge is 2.03. The molecule has 17 heavy (non-hydrogen) atoms. The van der Waals surface area contributed by atoms with Crippen LogP contribution in [0.1, 0.15) is 5.56 Å². The van der Waals surface area contributed by atoms with Gasteiger partial charge in [-0.25, -0.2) is 0 Å². The van der Waals surface area contributed by atoms with E-state index in [2.05, 4.69) is 15.9 Å². The third kappa shape index (κ3) is 2.91. The van der Waals surface area contributed by atoms with Gasteiger partial charge in [-0.15, -0.1) is 0 Å². The summed E-state index contributed by atoms with van der Waals surface area (Å²) in [5.74, 6) is 0.466. The fraction of sp³-hybridized carbons (Fsp3) is 0.0769. The van der Waals surface area contributed by atoms with Gasteiger partial charge >= 0.3 is 0 Å². The number of ether oxygens (including phenoxy) is 1. The molecular formula is C13H11BrO3. The molecule has 4 heteroatoms. The maximum absolute atomic E-state index is 9.34. The molecule has 0 aliphatic rings. The summed E-state index contributed by atoms with van der Waals surface area (Å²) in [7, 11) is 0. The van der Waals surface area contributed by atoms with Crippen LogP contribution in [0.25, 0.3) is 0 Å². The molecule has 0 unspecified atom stereocenters. The van der Waals surface area contributed by atoms with Gasteiger partial charge in [0.25, 0.3) is 0 Å². The Hall–Kier alpha value is -1.68. The quantitative estimate of drug-likeness (QED) is 0.853. The number of rotatable bonds is 3. The van der Waals surface area contributed by atoms with Gasteiger partial charge < -0.3 is 14.9 Å². The summed E-state index contributed by atoms with van der Waals surface area (Å²) < 4.78 is 6.46. The molecule has 0 saturated carbocycles. The van der Waals surface area contributed by atoms with E-state index in [-0.39, 0.29) is 11.5 Å². The molecule has 2 rings (SSSR count). The first-order chi connectivity index (χ1) is 8.16. The average molecular weight is 295 g/mol. The molecule has 0 heterocycles. The van der Waals surface area contributed by atoms with Crippen LogP contribution in [0, 0.1) is 0 Å². The van der Waals surface area contributed by atoms with E-state index in [1.165, 1.54) is 12.1 Å². The second-order valence-electron chi connectivity index (χ2n) is 3.54. The Bertz CT molecular complexity index is 526. The van der Waals surface area contributed by atoms with Gasteiger partial charge in [0.1, 0.15) is 12.4 Å². The van der Waals surface area contributed by atoms with Gasteiger partial charge in [-0.2, -0.15) is 0 Å². The molecule has 0 atom stereocenters. The van der Waals surface area contributed by atoms with Gasteiger partial charge in [0, 0.05) is 0 Å². The van der Waals surface area contributed by atoms with Gasteiger partial charge in [0.05, 0.1) is 4.47 Å². The first-order valence-electron chi connectivity index (χ1n) is 5.05. The number of para-hydroxylation sites is 1. The molecule has 0 aliphatic heterocycles. The number of hydrogen-bond donors (Lipinski definition) is 2. The zero-order valence-electron chi connectivity index (χ0n) is 8.93. The summed E-state index contributed by atoms with van der Waals surface area (Å²) in [6, 6.07) is 12.2. The lowest BCUT2D eigenvalue weighted by Crippen LogP contribution is -1.95. The SMILES string of the molecule is Oc1ccc(COc2ccccc2Br)cc1O. The Balaban J connectivity index is 2.08. The predicted molar refractivity (Wildman–Crippen MR) is 68.2 cm³/mol. The van der Waals surface area contributed by atoms with Gasteiger partial charge in [0.2, 0.25) is 0 Å². The molecule has 0 bridgehead atoms. The molecule has 0 aromatic heterocycles. The van der Waals surface area contributed by atoms with Crippen molar-refractivity contribution >= 4 is 15.9 Å². The number of aromatic hydroxyl groups is 2. The zero-order chi connectivity index (χ0) is 12.3. The summed E-state index contributed by atoms with van der Waals surface area (Å²) in [5, 5.41) is 18.5. The second kappa shape index (κ2) is 5.10. The Morgan fingerprint density at radius 3 is 2.47 bits per heavy atom. The highest BCUT2D eigenvalue weighted by atomic mass is 79.9. The van der Waals surface area contributed by atoms with Crippen molar-refractivity contribution in [3.8, 4) is 17.2 Å². The summed E-state index contributed by atoms with van der Waals surface area (Å²) in [6.07, 6.45) is 0. The molecular weight excluding hydrogens is 284 g/mol. The molecule has 2 aromatic rings. The van der Waals surface area contributed by atoms with Crippen molar-refractivity contribution in [1.82, 2.24) is 0 Å². The molecule has 0 saturated heterocycles. The number of phenolic OH excluding ortho intramolecular Hbond substituents is 2. The second-order valence-corrected chi connectivity index (χ2v) is 4.40. The molecule has 0 fully saturated rings. The van der Waals surface area contributed by atoms with Crippen molar-refractivity contribution in [3.05, 3.63) is 52.5 Å². The maximum Gasteiger partial charge on any atom is 0.157 e. The van der Waals surface area contributed by atoms with Crippen molar-refractivity contribution in [2.24, 2.45) is 0 Å². The maximum atomic E-state index is 9.34. The fourth-order valence-corrected chi connectivity index (χ4v) is 1.78. The van der Waals surface area contributed by atoms with E-state index in [4.69, 9.17) is 4.74 Å². The summed E-state index contributed by atoms with van der Waals surface area (Å²) in [5.41, 5.74) is 0.788. The van der Waals surface area contributed by atoms with Crippen molar-refractivity contribution < 1.29 is 14.9 Å². The van der Waals surface area contributed by atoms with Crippen LogP contribution in [-0.2, 0) is 6.61 Å². The van der Waals surface area contributed by atoms with Gasteiger partial charge in [-0.05, 0) is 45.8 Å². The fourth-order valence-electron chi connectivity index (χ4n) is 1.38. The molecule has 0 amide bonds. The van der Waals surface area contributed by atoms with E-state index in [0.717, 1.165) is 15.8 Å². The normalized spacial score (nSPS) is 10.2. The minimum Gasteiger partial charge on any atom is -0.504 e. The first kappa shape index (κ1) is 11.8. The van der Waals surface area contributed by atoms with E-state index in [0.29, 0.717) is 6.61 Å². The molecule has 2 aromatic carbocycles. The van der Waals surface area contributed by atoms with Crippen LogP contribution in [0.5, 0.6) is 17.2 Å². The highest BCUT2D eigenvalue weighted by molar-refractivity contribution is 9.10. The molecule has 88 valence electrons. The molecule has 0 aliphatic carbocycles. The summed E-state index contributed by atoms with van der Waals surface area (Å²) in [6.45, 7) is 0.330. The van der Waals surface area contributed by atoms with Crippen molar-refractivity contribution in [2.75, 3.05) is 0 Å². The standard InChI is InChI=1S/C13H11BrO3/c14-10-3-1-2-4-13(10)17-8-9-5-6-11(15)12(16)7-9/h1-7,15-16H,8H2. The third-order valence-corrected chi connectivity index (χ3v) is 2.93. The average Bonchev–Trinajstić information content (AvgIpc) is 2.32. The van der Waals surface area contributed by atoms with E-state index in [1.54, 1.807) is 6.07 Å². The molecule has 0 radical (unpaired) electrons. The number of phenols is 2. The zero-order valence-corrected chi connectivity index (χ0v) is 10.5. The first-order valence-corrected chi connectivity index (χ1v) is 5.84.